The van der Waals surface area contributed by atoms with Crippen LogP contribution in [-0.2, 0) is 33.5 Å². The van der Waals surface area contributed by atoms with Crippen LogP contribution in [0.25, 0.3) is 0 Å². The number of ether oxygens (including phenoxy) is 1. The maximum absolute atomic E-state index is 13.2. The van der Waals surface area contributed by atoms with Crippen LogP contribution >= 0.6 is 12.4 Å². The van der Waals surface area contributed by atoms with Crippen LogP contribution in [0.2, 0.25) is 0 Å². The number of aliphatic carboxylic acids is 1. The lowest BCUT2D eigenvalue weighted by Crippen LogP contribution is -2.60. The normalized spacial score (nSPS) is 15.7. The Kier molecular flexibility index (Phi) is 17.2. The van der Waals surface area contributed by atoms with Gasteiger partial charge in [0.2, 0.25) is 29.5 Å². The van der Waals surface area contributed by atoms with Gasteiger partial charge in [0.25, 0.3) is 0 Å². The molecule has 0 bridgehead atoms. The van der Waals surface area contributed by atoms with Gasteiger partial charge in [-0.15, -0.1) is 12.4 Å². The number of carboxylic acids is 1. The number of primary amides is 1. The number of carbonyl (C=O) groups is 6. The highest BCUT2D eigenvalue weighted by molar-refractivity contribution is 5.95. The number of nitrogens with two attached hydrogens (primary N) is 2. The number of halogens is 1. The minimum Gasteiger partial charge on any atom is -0.480 e. The maximum atomic E-state index is 13.2. The van der Waals surface area contributed by atoms with Crippen molar-refractivity contribution in [2.45, 2.75) is 104 Å². The third kappa shape index (κ3) is 15.3. The fourth-order valence-corrected chi connectivity index (χ4v) is 3.33. The quantitative estimate of drug-likeness (QED) is 0.117. The molecule has 0 spiro atoms. The third-order valence-electron chi connectivity index (χ3n) is 5.59. The van der Waals surface area contributed by atoms with E-state index >= 15 is 0 Å². The molecule has 0 rings (SSSR count). The Morgan fingerprint density at radius 3 is 1.87 bits per heavy atom. The second-order valence-electron chi connectivity index (χ2n) is 10.2. The van der Waals surface area contributed by atoms with Crippen molar-refractivity contribution in [2.75, 3.05) is 6.54 Å². The molecule has 0 saturated carbocycles. The van der Waals surface area contributed by atoms with E-state index in [-0.39, 0.29) is 31.2 Å². The van der Waals surface area contributed by atoms with Crippen LogP contribution in [0.4, 0.5) is 0 Å². The van der Waals surface area contributed by atoms with E-state index in [1.807, 2.05) is 0 Å². The van der Waals surface area contributed by atoms with Crippen LogP contribution in [-0.4, -0.2) is 83.0 Å². The van der Waals surface area contributed by atoms with Crippen LogP contribution in [0.3, 0.4) is 0 Å². The van der Waals surface area contributed by atoms with Gasteiger partial charge >= 0.3 is 5.97 Å². The number of rotatable bonds is 16. The third-order valence-corrected chi connectivity index (χ3v) is 5.59. The Morgan fingerprint density at radius 2 is 1.41 bits per heavy atom. The average Bonchev–Trinajstić information content (AvgIpc) is 2.80. The minimum atomic E-state index is -1.25. The van der Waals surface area contributed by atoms with Crippen molar-refractivity contribution < 1.29 is 38.6 Å². The van der Waals surface area contributed by atoms with Gasteiger partial charge in [0.05, 0.1) is 17.7 Å². The van der Waals surface area contributed by atoms with E-state index in [2.05, 4.69) is 21.3 Å². The highest BCUT2D eigenvalue weighted by atomic mass is 35.5. The summed E-state index contributed by atoms with van der Waals surface area (Å²) < 4.78 is 5.84. The molecule has 15 heteroatoms. The van der Waals surface area contributed by atoms with Gasteiger partial charge < -0.3 is 42.6 Å². The summed E-state index contributed by atoms with van der Waals surface area (Å²) in [7, 11) is 0. The van der Waals surface area contributed by atoms with Crippen molar-refractivity contribution in [3.63, 3.8) is 0 Å². The molecule has 5 amide bonds. The Balaban J connectivity index is 0. The topological polar surface area (TPSA) is 232 Å². The fraction of sp³-hybridized carbons (Fsp3) is 0.750. The highest BCUT2D eigenvalue weighted by Gasteiger charge is 2.34. The first-order chi connectivity index (χ1) is 17.4. The molecule has 39 heavy (non-hydrogen) atoms. The Morgan fingerprint density at radius 1 is 0.872 bits per heavy atom. The molecule has 0 fully saturated rings. The first-order valence-electron chi connectivity index (χ1n) is 12.5. The molecule has 0 aliphatic rings. The molecule has 14 nitrogen and oxygen atoms in total. The lowest BCUT2D eigenvalue weighted by molar-refractivity contribution is -0.140. The molecule has 0 aromatic carbocycles. The summed E-state index contributed by atoms with van der Waals surface area (Å²) in [6.45, 7) is 11.2. The summed E-state index contributed by atoms with van der Waals surface area (Å²) >= 11 is 0. The second kappa shape index (κ2) is 17.6. The maximum Gasteiger partial charge on any atom is 0.322 e. The van der Waals surface area contributed by atoms with Crippen molar-refractivity contribution >= 4 is 47.9 Å². The monoisotopic (exact) mass is 580 g/mol. The second-order valence-corrected chi connectivity index (χ2v) is 10.2. The molecule has 0 aliphatic heterocycles. The predicted octanol–water partition coefficient (Wildman–Crippen LogP) is -1.07. The van der Waals surface area contributed by atoms with E-state index in [4.69, 9.17) is 21.3 Å². The molecule has 0 aliphatic carbocycles. The fourth-order valence-electron chi connectivity index (χ4n) is 3.33. The molecule has 0 unspecified atom stereocenters. The Hall–Kier alpha value is -2.97. The molecule has 9 N–H and O–H groups in total. The predicted molar refractivity (Wildman–Crippen MR) is 146 cm³/mol. The SMILES string of the molecule is CC[C@H](C)[C@H](NC(=O)[C@H](C)NC(=O)[C@@H](NC(=O)[C@@H](N)CCC(N)=O)[C@@H](C)OC(C)(C)C)C(=O)NCC(=O)O.Cl. The van der Waals surface area contributed by atoms with Gasteiger partial charge in [-0.1, -0.05) is 20.3 Å². The van der Waals surface area contributed by atoms with E-state index in [1.54, 1.807) is 41.5 Å². The summed E-state index contributed by atoms with van der Waals surface area (Å²) in [5.41, 5.74) is 10.3. The zero-order valence-corrected chi connectivity index (χ0v) is 24.5. The van der Waals surface area contributed by atoms with E-state index in [0.717, 1.165) is 0 Å². The molecule has 0 radical (unpaired) electrons. The largest absolute Gasteiger partial charge is 0.480 e. The molecular weight excluding hydrogens is 536 g/mol. The highest BCUT2D eigenvalue weighted by Crippen LogP contribution is 2.14. The lowest BCUT2D eigenvalue weighted by Gasteiger charge is -2.32. The lowest BCUT2D eigenvalue weighted by atomic mass is 9.98. The van der Waals surface area contributed by atoms with Crippen molar-refractivity contribution in [3.8, 4) is 0 Å². The van der Waals surface area contributed by atoms with Gasteiger partial charge in [-0.3, -0.25) is 28.8 Å². The number of carboxylic acid groups (broad SMARTS) is 1. The van der Waals surface area contributed by atoms with Gasteiger partial charge in [-0.05, 0) is 47.0 Å². The molecular formula is C24H45ClN6O8. The van der Waals surface area contributed by atoms with Crippen molar-refractivity contribution in [3.05, 3.63) is 0 Å². The van der Waals surface area contributed by atoms with Gasteiger partial charge in [0, 0.05) is 6.42 Å². The number of nitrogens with one attached hydrogen (secondary N) is 4. The molecule has 0 saturated heterocycles. The van der Waals surface area contributed by atoms with Crippen LogP contribution in [0.15, 0.2) is 0 Å². The van der Waals surface area contributed by atoms with Crippen LogP contribution in [0.5, 0.6) is 0 Å². The first-order valence-corrected chi connectivity index (χ1v) is 12.5. The van der Waals surface area contributed by atoms with Crippen molar-refractivity contribution in [1.29, 1.82) is 0 Å². The van der Waals surface area contributed by atoms with Crippen molar-refractivity contribution in [1.82, 2.24) is 21.3 Å². The Labute approximate surface area is 235 Å². The summed E-state index contributed by atoms with van der Waals surface area (Å²) in [6, 6.07) is -4.53. The molecule has 6 atom stereocenters. The van der Waals surface area contributed by atoms with Crippen molar-refractivity contribution in [2.24, 2.45) is 17.4 Å². The number of carbonyl (C=O) groups excluding carboxylic acids is 5. The zero-order chi connectivity index (χ0) is 29.8. The summed E-state index contributed by atoms with van der Waals surface area (Å²) in [6.07, 6.45) is -0.470. The van der Waals surface area contributed by atoms with Crippen LogP contribution in [0.1, 0.15) is 67.7 Å². The van der Waals surface area contributed by atoms with Gasteiger partial charge in [0.15, 0.2) is 0 Å². The zero-order valence-electron chi connectivity index (χ0n) is 23.7. The molecule has 0 aromatic heterocycles. The standard InChI is InChI=1S/C24H44N6O8.ClH/c1-8-12(2)18(22(36)27-11-17(32)33)29-20(34)13(3)28-23(37)19(14(4)38-24(5,6)7)30-21(35)15(25)9-10-16(26)31;/h12-15,18-19H,8-11,25H2,1-7H3,(H2,26,31)(H,27,36)(H,28,37)(H,29,34)(H,30,35)(H,32,33);1H/t12-,13-,14+,15-,18-,19-;/m0./s1. The van der Waals surface area contributed by atoms with Crippen LogP contribution in [0, 0.1) is 5.92 Å². The number of hydrogen-bond donors (Lipinski definition) is 7. The van der Waals surface area contributed by atoms with Gasteiger partial charge in [0.1, 0.15) is 24.7 Å². The van der Waals surface area contributed by atoms with E-state index in [1.165, 1.54) is 6.92 Å². The van der Waals surface area contributed by atoms with Gasteiger partial charge in [-0.25, -0.2) is 0 Å². The molecule has 226 valence electrons. The van der Waals surface area contributed by atoms with E-state index in [9.17, 15) is 28.8 Å². The van der Waals surface area contributed by atoms with E-state index in [0.29, 0.717) is 6.42 Å². The average molecular weight is 581 g/mol. The van der Waals surface area contributed by atoms with E-state index < -0.39 is 77.9 Å². The summed E-state index contributed by atoms with van der Waals surface area (Å²) in [4.78, 5) is 72.9. The molecule has 0 heterocycles. The van der Waals surface area contributed by atoms with Crippen LogP contribution < -0.4 is 32.7 Å². The van der Waals surface area contributed by atoms with Gasteiger partial charge in [-0.2, -0.15) is 0 Å². The number of hydrogen-bond acceptors (Lipinski definition) is 8. The summed E-state index contributed by atoms with van der Waals surface area (Å²) in [5.74, 6) is -5.00. The minimum absolute atomic E-state index is 0. The smallest absolute Gasteiger partial charge is 0.322 e. The molecule has 0 aromatic rings. The summed E-state index contributed by atoms with van der Waals surface area (Å²) in [5, 5.41) is 18.6. The number of amides is 5. The first kappa shape index (κ1) is 38.2. The Bertz CT molecular complexity index is 866.